The molecule has 2 rings (SSSR count). The molecule has 0 aromatic heterocycles. The maximum Gasteiger partial charge on any atom is 0.253 e. The van der Waals surface area contributed by atoms with E-state index in [4.69, 9.17) is 0 Å². The molecule has 0 aliphatic carbocycles. The van der Waals surface area contributed by atoms with Crippen LogP contribution in [0.5, 0.6) is 0 Å². The molecule has 2 N–H and O–H groups in total. The van der Waals surface area contributed by atoms with Gasteiger partial charge in [0, 0.05) is 59.4 Å². The van der Waals surface area contributed by atoms with Gasteiger partial charge in [0.1, 0.15) is 0 Å². The van der Waals surface area contributed by atoms with E-state index in [9.17, 15) is 4.79 Å². The van der Waals surface area contributed by atoms with Crippen LogP contribution in [-0.2, 0) is 6.42 Å². The van der Waals surface area contributed by atoms with Gasteiger partial charge in [-0.05, 0) is 50.7 Å². The molecule has 1 aliphatic rings. The number of amides is 1. The first-order chi connectivity index (χ1) is 13.5. The number of rotatable bonds is 7. The van der Waals surface area contributed by atoms with E-state index in [1.54, 1.807) is 26.0 Å². The molecule has 0 unspecified atom stereocenters. The van der Waals surface area contributed by atoms with E-state index >= 15 is 0 Å². The van der Waals surface area contributed by atoms with Gasteiger partial charge in [-0.3, -0.25) is 9.79 Å². The zero-order chi connectivity index (χ0) is 20.4. The van der Waals surface area contributed by atoms with Gasteiger partial charge < -0.3 is 25.3 Å². The molecule has 0 spiro atoms. The molecule has 7 nitrogen and oxygen atoms in total. The number of hydrogen-bond donors (Lipinski definition) is 2. The van der Waals surface area contributed by atoms with Gasteiger partial charge in [-0.2, -0.15) is 0 Å². The van der Waals surface area contributed by atoms with Crippen molar-refractivity contribution in [3.05, 3.63) is 35.4 Å². The largest absolute Gasteiger partial charge is 0.356 e. The second kappa shape index (κ2) is 11.7. The maximum absolute atomic E-state index is 12.1. The highest BCUT2D eigenvalue weighted by molar-refractivity contribution is 5.94. The summed E-state index contributed by atoms with van der Waals surface area (Å²) in [6.45, 7) is 7.32. The summed E-state index contributed by atoms with van der Waals surface area (Å²) in [4.78, 5) is 22.9. The maximum atomic E-state index is 12.1. The summed E-state index contributed by atoms with van der Waals surface area (Å²) in [5.74, 6) is 0.861. The first-order valence-corrected chi connectivity index (χ1v) is 10.2. The van der Waals surface area contributed by atoms with Crippen molar-refractivity contribution < 1.29 is 4.79 Å². The third-order valence-corrected chi connectivity index (χ3v) is 5.04. The highest BCUT2D eigenvalue weighted by Gasteiger charge is 2.11. The molecule has 7 heteroatoms. The van der Waals surface area contributed by atoms with Crippen molar-refractivity contribution in [1.29, 1.82) is 0 Å². The molecule has 0 atom stereocenters. The van der Waals surface area contributed by atoms with Crippen LogP contribution in [0.2, 0.25) is 0 Å². The molecule has 28 heavy (non-hydrogen) atoms. The number of carbonyl (C=O) groups is 1. The van der Waals surface area contributed by atoms with Crippen LogP contribution in [0.1, 0.15) is 22.3 Å². The van der Waals surface area contributed by atoms with Crippen LogP contribution in [0.3, 0.4) is 0 Å². The third kappa shape index (κ3) is 7.48. The van der Waals surface area contributed by atoms with Crippen LogP contribution < -0.4 is 10.6 Å². The Labute approximate surface area is 169 Å². The van der Waals surface area contributed by atoms with Crippen molar-refractivity contribution in [2.24, 2.45) is 4.99 Å². The van der Waals surface area contributed by atoms with Crippen molar-refractivity contribution >= 4 is 11.9 Å². The van der Waals surface area contributed by atoms with Crippen LogP contribution in [0.4, 0.5) is 0 Å². The first-order valence-electron chi connectivity index (χ1n) is 10.2. The zero-order valence-corrected chi connectivity index (χ0v) is 17.9. The summed E-state index contributed by atoms with van der Waals surface area (Å²) in [6.07, 6.45) is 2.08. The number of hydrogen-bond acceptors (Lipinski definition) is 4. The minimum absolute atomic E-state index is 0.0343. The fraction of sp³-hybridized carbons (Fsp3) is 0.619. The van der Waals surface area contributed by atoms with Gasteiger partial charge in [-0.25, -0.2) is 0 Å². The standard InChI is InChI=1S/C21H36N6O/c1-22-21(24-11-14-27-13-6-12-26(4)15-16-27)23-10-9-18-7-5-8-19(17-18)20(28)25(2)3/h5,7-8,17H,6,9-16H2,1-4H3,(H2,22,23,24). The van der Waals surface area contributed by atoms with Gasteiger partial charge in [0.15, 0.2) is 5.96 Å². The molecule has 0 radical (unpaired) electrons. The monoisotopic (exact) mass is 388 g/mol. The van der Waals surface area contributed by atoms with Crippen LogP contribution in [0, 0.1) is 0 Å². The molecule has 1 aromatic carbocycles. The normalized spacial score (nSPS) is 16.5. The molecule has 1 amide bonds. The van der Waals surface area contributed by atoms with Crippen molar-refractivity contribution in [2.45, 2.75) is 12.8 Å². The van der Waals surface area contributed by atoms with E-state index in [0.717, 1.165) is 56.2 Å². The van der Waals surface area contributed by atoms with E-state index in [2.05, 4.69) is 38.5 Å². The van der Waals surface area contributed by atoms with Gasteiger partial charge in [0.05, 0.1) is 0 Å². The van der Waals surface area contributed by atoms with Crippen LogP contribution >= 0.6 is 0 Å². The lowest BCUT2D eigenvalue weighted by molar-refractivity contribution is 0.0827. The summed E-state index contributed by atoms with van der Waals surface area (Å²) in [7, 11) is 7.54. The SMILES string of the molecule is CN=C(NCCc1cccc(C(=O)N(C)C)c1)NCCN1CCCN(C)CC1. The Kier molecular flexibility index (Phi) is 9.23. The molecule has 0 saturated carbocycles. The Bertz CT molecular complexity index is 646. The lowest BCUT2D eigenvalue weighted by Crippen LogP contribution is -2.42. The Balaban J connectivity index is 1.71. The molecule has 1 aromatic rings. The van der Waals surface area contributed by atoms with Crippen molar-refractivity contribution in [3.63, 3.8) is 0 Å². The van der Waals surface area contributed by atoms with E-state index < -0.39 is 0 Å². The number of benzene rings is 1. The van der Waals surface area contributed by atoms with Gasteiger partial charge in [0.2, 0.25) is 0 Å². The molecular formula is C21H36N6O. The summed E-state index contributed by atoms with van der Waals surface area (Å²) in [6, 6.07) is 7.83. The Hall–Kier alpha value is -2.12. The molecule has 1 fully saturated rings. The smallest absolute Gasteiger partial charge is 0.253 e. The molecule has 0 bridgehead atoms. The Morgan fingerprint density at radius 1 is 1.14 bits per heavy atom. The second-order valence-corrected chi connectivity index (χ2v) is 7.57. The minimum atomic E-state index is 0.0343. The number of nitrogens with zero attached hydrogens (tertiary/aromatic N) is 4. The van der Waals surface area contributed by atoms with Gasteiger partial charge in [-0.1, -0.05) is 12.1 Å². The third-order valence-electron chi connectivity index (χ3n) is 5.04. The highest BCUT2D eigenvalue weighted by atomic mass is 16.2. The highest BCUT2D eigenvalue weighted by Crippen LogP contribution is 2.07. The molecular weight excluding hydrogens is 352 g/mol. The van der Waals surface area contributed by atoms with Crippen LogP contribution in [0.25, 0.3) is 0 Å². The lowest BCUT2D eigenvalue weighted by atomic mass is 10.1. The van der Waals surface area contributed by atoms with E-state index in [0.29, 0.717) is 0 Å². The number of guanidine groups is 1. The molecule has 1 heterocycles. The summed E-state index contributed by atoms with van der Waals surface area (Å²) in [5, 5.41) is 6.77. The fourth-order valence-corrected chi connectivity index (χ4v) is 3.32. The van der Waals surface area contributed by atoms with Crippen LogP contribution in [-0.4, -0.2) is 101 Å². The molecule has 156 valence electrons. The topological polar surface area (TPSA) is 63.2 Å². The average Bonchev–Trinajstić information content (AvgIpc) is 2.90. The van der Waals surface area contributed by atoms with E-state index in [1.165, 1.54) is 19.5 Å². The van der Waals surface area contributed by atoms with Crippen LogP contribution in [0.15, 0.2) is 29.3 Å². The predicted octanol–water partition coefficient (Wildman–Crippen LogP) is 0.733. The first kappa shape index (κ1) is 22.2. The average molecular weight is 389 g/mol. The predicted molar refractivity (Wildman–Crippen MR) is 116 cm³/mol. The van der Waals surface area contributed by atoms with Gasteiger partial charge >= 0.3 is 0 Å². The van der Waals surface area contributed by atoms with E-state index in [1.807, 2.05) is 18.2 Å². The second-order valence-electron chi connectivity index (χ2n) is 7.57. The van der Waals surface area contributed by atoms with Crippen molar-refractivity contribution in [2.75, 3.05) is 74.0 Å². The summed E-state index contributed by atoms with van der Waals surface area (Å²) < 4.78 is 0. The lowest BCUT2D eigenvalue weighted by Gasteiger charge is -2.21. The minimum Gasteiger partial charge on any atom is -0.356 e. The molecule has 1 saturated heterocycles. The van der Waals surface area contributed by atoms with E-state index in [-0.39, 0.29) is 5.91 Å². The summed E-state index contributed by atoms with van der Waals surface area (Å²) in [5.41, 5.74) is 1.87. The number of carbonyl (C=O) groups excluding carboxylic acids is 1. The number of nitrogens with one attached hydrogen (secondary N) is 2. The summed E-state index contributed by atoms with van der Waals surface area (Å²) >= 11 is 0. The van der Waals surface area contributed by atoms with Gasteiger partial charge in [0.25, 0.3) is 5.91 Å². The van der Waals surface area contributed by atoms with Gasteiger partial charge in [-0.15, -0.1) is 0 Å². The zero-order valence-electron chi connectivity index (χ0n) is 17.9. The van der Waals surface area contributed by atoms with Crippen molar-refractivity contribution in [1.82, 2.24) is 25.3 Å². The van der Waals surface area contributed by atoms with Crippen molar-refractivity contribution in [3.8, 4) is 0 Å². The molecule has 1 aliphatic heterocycles. The number of aliphatic imine (C=N–C) groups is 1. The Morgan fingerprint density at radius 3 is 2.68 bits per heavy atom. The fourth-order valence-electron chi connectivity index (χ4n) is 3.32. The quantitative estimate of drug-likeness (QED) is 0.533. The Morgan fingerprint density at radius 2 is 1.93 bits per heavy atom. The number of likely N-dealkylation sites (N-methyl/N-ethyl adjacent to an activating group) is 1.